The zero-order valence-corrected chi connectivity index (χ0v) is 17.9. The van der Waals surface area contributed by atoms with E-state index < -0.39 is 0 Å². The lowest BCUT2D eigenvalue weighted by atomic mass is 10.1. The maximum Gasteiger partial charge on any atom is 0.255 e. The van der Waals surface area contributed by atoms with Gasteiger partial charge in [-0.3, -0.25) is 14.6 Å². The summed E-state index contributed by atoms with van der Waals surface area (Å²) in [4.78, 5) is 29.9. The lowest BCUT2D eigenvalue weighted by molar-refractivity contribution is 0.101. The first-order valence-electron chi connectivity index (χ1n) is 10.5. The van der Waals surface area contributed by atoms with Gasteiger partial charge in [-0.15, -0.1) is 0 Å². The van der Waals surface area contributed by atoms with E-state index in [0.717, 1.165) is 16.6 Å². The van der Waals surface area contributed by atoms with Gasteiger partial charge in [0.05, 0.1) is 5.52 Å². The van der Waals surface area contributed by atoms with Gasteiger partial charge in [0.25, 0.3) is 11.8 Å². The number of amides is 2. The van der Waals surface area contributed by atoms with Crippen molar-refractivity contribution in [2.75, 3.05) is 23.8 Å². The van der Waals surface area contributed by atoms with E-state index in [4.69, 9.17) is 9.47 Å². The van der Waals surface area contributed by atoms with Gasteiger partial charge in [-0.1, -0.05) is 12.1 Å². The molecule has 1 aliphatic rings. The molecule has 7 nitrogen and oxygen atoms in total. The number of rotatable bonds is 4. The molecule has 0 saturated heterocycles. The number of pyridine rings is 1. The minimum Gasteiger partial charge on any atom is -0.486 e. The van der Waals surface area contributed by atoms with E-state index in [1.165, 1.54) is 0 Å². The summed E-state index contributed by atoms with van der Waals surface area (Å²) in [5.74, 6) is 0.651. The second-order valence-corrected chi connectivity index (χ2v) is 7.71. The summed E-state index contributed by atoms with van der Waals surface area (Å²) >= 11 is 0. The molecule has 0 bridgehead atoms. The van der Waals surface area contributed by atoms with Crippen LogP contribution in [0.1, 0.15) is 26.4 Å². The van der Waals surface area contributed by atoms with Gasteiger partial charge in [0.15, 0.2) is 11.5 Å². The predicted octanol–water partition coefficient (Wildman–Crippen LogP) is 4.82. The lowest BCUT2D eigenvalue weighted by Gasteiger charge is -2.18. The Morgan fingerprint density at radius 1 is 0.758 bits per heavy atom. The SMILES string of the molecule is Cc1ccc2cc(C(=O)Nc3cccc(NC(=O)c4ccc5c(c4)OCCO5)c3)ccc2n1. The molecule has 0 spiro atoms. The molecule has 0 fully saturated rings. The van der Waals surface area contributed by atoms with Crippen molar-refractivity contribution in [3.05, 3.63) is 89.6 Å². The summed E-state index contributed by atoms with van der Waals surface area (Å²) in [6.45, 7) is 2.87. The van der Waals surface area contributed by atoms with Gasteiger partial charge >= 0.3 is 0 Å². The van der Waals surface area contributed by atoms with E-state index in [2.05, 4.69) is 15.6 Å². The molecule has 1 aliphatic heterocycles. The number of aryl methyl sites for hydroxylation is 1. The zero-order valence-electron chi connectivity index (χ0n) is 17.9. The highest BCUT2D eigenvalue weighted by Crippen LogP contribution is 2.31. The van der Waals surface area contributed by atoms with E-state index in [0.29, 0.717) is 47.2 Å². The Bertz CT molecular complexity index is 1380. The number of nitrogens with zero attached hydrogens (tertiary/aromatic N) is 1. The summed E-state index contributed by atoms with van der Waals surface area (Å²) < 4.78 is 11.0. The highest BCUT2D eigenvalue weighted by atomic mass is 16.6. The average molecular weight is 439 g/mol. The molecule has 2 amide bonds. The average Bonchev–Trinajstić information content (AvgIpc) is 2.83. The van der Waals surface area contributed by atoms with Crippen molar-refractivity contribution in [1.29, 1.82) is 0 Å². The number of carbonyl (C=O) groups is 2. The van der Waals surface area contributed by atoms with E-state index in [-0.39, 0.29) is 11.8 Å². The van der Waals surface area contributed by atoms with E-state index in [1.54, 1.807) is 48.5 Å². The van der Waals surface area contributed by atoms with Crippen LogP contribution in [0.15, 0.2) is 72.8 Å². The van der Waals surface area contributed by atoms with Crippen molar-refractivity contribution in [1.82, 2.24) is 4.98 Å². The molecule has 5 rings (SSSR count). The molecule has 7 heteroatoms. The molecule has 0 atom stereocenters. The van der Waals surface area contributed by atoms with E-state index in [9.17, 15) is 9.59 Å². The number of hydrogen-bond donors (Lipinski definition) is 2. The van der Waals surface area contributed by atoms with E-state index in [1.807, 2.05) is 31.2 Å². The van der Waals surface area contributed by atoms with Crippen LogP contribution in [0.25, 0.3) is 10.9 Å². The number of hydrogen-bond acceptors (Lipinski definition) is 5. The Kier molecular flexibility index (Phi) is 5.36. The summed E-state index contributed by atoms with van der Waals surface area (Å²) in [5.41, 5.74) is 3.88. The van der Waals surface area contributed by atoms with Crippen molar-refractivity contribution < 1.29 is 19.1 Å². The van der Waals surface area contributed by atoms with Crippen molar-refractivity contribution >= 4 is 34.1 Å². The summed E-state index contributed by atoms with van der Waals surface area (Å²) in [6, 6.07) is 21.3. The molecule has 33 heavy (non-hydrogen) atoms. The number of fused-ring (bicyclic) bond motifs is 2. The minimum absolute atomic E-state index is 0.243. The van der Waals surface area contributed by atoms with Crippen LogP contribution in [-0.2, 0) is 0 Å². The predicted molar refractivity (Wildman–Crippen MR) is 126 cm³/mol. The third kappa shape index (κ3) is 4.48. The normalized spacial score (nSPS) is 12.3. The van der Waals surface area contributed by atoms with Crippen molar-refractivity contribution in [3.8, 4) is 11.5 Å². The maximum absolute atomic E-state index is 12.8. The van der Waals surface area contributed by atoms with Crippen molar-refractivity contribution in [2.45, 2.75) is 6.92 Å². The smallest absolute Gasteiger partial charge is 0.255 e. The standard InChI is InChI=1S/C26H21N3O4/c1-16-5-6-17-13-18(7-9-22(17)27-16)25(30)28-20-3-2-4-21(15-20)29-26(31)19-8-10-23-24(14-19)33-12-11-32-23/h2-10,13-15H,11-12H2,1H3,(H,28,30)(H,29,31). The first-order chi connectivity index (χ1) is 16.0. The Hall–Kier alpha value is -4.39. The largest absolute Gasteiger partial charge is 0.486 e. The highest BCUT2D eigenvalue weighted by molar-refractivity contribution is 6.07. The third-order valence-electron chi connectivity index (χ3n) is 5.27. The minimum atomic E-state index is -0.284. The zero-order chi connectivity index (χ0) is 22.8. The van der Waals surface area contributed by atoms with Gasteiger partial charge in [-0.25, -0.2) is 0 Å². The summed E-state index contributed by atoms with van der Waals surface area (Å²) in [6.07, 6.45) is 0. The van der Waals surface area contributed by atoms with Gasteiger partial charge < -0.3 is 20.1 Å². The molecule has 3 aromatic carbocycles. The number of benzene rings is 3. The van der Waals surface area contributed by atoms with Gasteiger partial charge in [0.2, 0.25) is 0 Å². The number of carbonyl (C=O) groups excluding carboxylic acids is 2. The number of nitrogens with one attached hydrogen (secondary N) is 2. The summed E-state index contributed by atoms with van der Waals surface area (Å²) in [5, 5.41) is 6.63. The molecule has 1 aromatic heterocycles. The quantitative estimate of drug-likeness (QED) is 0.476. The molecular formula is C26H21N3O4. The topological polar surface area (TPSA) is 89.6 Å². The van der Waals surface area contributed by atoms with Crippen LogP contribution < -0.4 is 20.1 Å². The Morgan fingerprint density at radius 2 is 1.42 bits per heavy atom. The molecule has 164 valence electrons. The molecule has 0 unspecified atom stereocenters. The van der Waals surface area contributed by atoms with Gasteiger partial charge in [-0.2, -0.15) is 0 Å². The van der Waals surface area contributed by atoms with Crippen LogP contribution in [0.4, 0.5) is 11.4 Å². The fraction of sp³-hybridized carbons (Fsp3) is 0.115. The van der Waals surface area contributed by atoms with E-state index >= 15 is 0 Å². The summed E-state index contributed by atoms with van der Waals surface area (Å²) in [7, 11) is 0. The molecule has 0 aliphatic carbocycles. The molecule has 0 radical (unpaired) electrons. The van der Waals surface area contributed by atoms with Crippen molar-refractivity contribution in [2.24, 2.45) is 0 Å². The van der Waals surface area contributed by atoms with Crippen LogP contribution in [0, 0.1) is 6.92 Å². The van der Waals surface area contributed by atoms with Gasteiger partial charge in [-0.05, 0) is 67.6 Å². The molecule has 0 saturated carbocycles. The molecule has 2 N–H and O–H groups in total. The monoisotopic (exact) mass is 439 g/mol. The van der Waals surface area contributed by atoms with Gasteiger partial charge in [0.1, 0.15) is 13.2 Å². The number of aromatic nitrogens is 1. The van der Waals surface area contributed by atoms with Crippen LogP contribution in [-0.4, -0.2) is 30.0 Å². The Balaban J connectivity index is 1.29. The molecular weight excluding hydrogens is 418 g/mol. The lowest BCUT2D eigenvalue weighted by Crippen LogP contribution is -2.17. The van der Waals surface area contributed by atoms with Crippen LogP contribution in [0.5, 0.6) is 11.5 Å². The van der Waals surface area contributed by atoms with Gasteiger partial charge in [0, 0.05) is 33.6 Å². The molecule has 4 aromatic rings. The first kappa shape index (κ1) is 20.5. The van der Waals surface area contributed by atoms with Crippen LogP contribution >= 0.6 is 0 Å². The fourth-order valence-electron chi connectivity index (χ4n) is 3.63. The molecule has 2 heterocycles. The first-order valence-corrected chi connectivity index (χ1v) is 10.5. The Morgan fingerprint density at radius 3 is 2.18 bits per heavy atom. The maximum atomic E-state index is 12.8. The second kappa shape index (κ2) is 8.63. The van der Waals surface area contributed by atoms with Crippen LogP contribution in [0.2, 0.25) is 0 Å². The third-order valence-corrected chi connectivity index (χ3v) is 5.27. The van der Waals surface area contributed by atoms with Crippen LogP contribution in [0.3, 0.4) is 0 Å². The number of ether oxygens (including phenoxy) is 2. The van der Waals surface area contributed by atoms with Crippen molar-refractivity contribution in [3.63, 3.8) is 0 Å². The second-order valence-electron chi connectivity index (χ2n) is 7.71. The Labute approximate surface area is 190 Å². The highest BCUT2D eigenvalue weighted by Gasteiger charge is 2.15. The fourth-order valence-corrected chi connectivity index (χ4v) is 3.63. The number of anilines is 2.